The van der Waals surface area contributed by atoms with E-state index in [1.165, 1.54) is 25.1 Å². The monoisotopic (exact) mass is 301 g/mol. The molecular formula is C12H19N3O4S. The molecule has 0 unspecified atom stereocenters. The van der Waals surface area contributed by atoms with Gasteiger partial charge in [-0.2, -0.15) is 0 Å². The lowest BCUT2D eigenvalue weighted by Gasteiger charge is -2.14. The fourth-order valence-electron chi connectivity index (χ4n) is 1.82. The number of nitro groups is 1. The Morgan fingerprint density at radius 3 is 2.60 bits per heavy atom. The summed E-state index contributed by atoms with van der Waals surface area (Å²) in [5.74, 6) is 0. The Labute approximate surface area is 118 Å². The zero-order valence-corrected chi connectivity index (χ0v) is 12.5. The van der Waals surface area contributed by atoms with Crippen LogP contribution in [-0.2, 0) is 10.0 Å². The second-order valence-electron chi connectivity index (χ2n) is 4.47. The van der Waals surface area contributed by atoms with Crippen LogP contribution in [0.1, 0.15) is 19.4 Å². The molecule has 0 amide bonds. The first-order valence-corrected chi connectivity index (χ1v) is 7.75. The predicted molar refractivity (Wildman–Crippen MR) is 76.2 cm³/mol. The Morgan fingerprint density at radius 2 is 2.05 bits per heavy atom. The number of likely N-dealkylation sites (N-methyl/N-ethyl adjacent to an activating group) is 1. The van der Waals surface area contributed by atoms with Gasteiger partial charge in [-0.1, -0.05) is 13.0 Å². The Balaban J connectivity index is 2.99. The van der Waals surface area contributed by atoms with Crippen molar-refractivity contribution in [2.24, 2.45) is 0 Å². The molecule has 0 saturated heterocycles. The lowest BCUT2D eigenvalue weighted by atomic mass is 10.2. The van der Waals surface area contributed by atoms with E-state index >= 15 is 0 Å². The average Bonchev–Trinajstić information content (AvgIpc) is 2.36. The van der Waals surface area contributed by atoms with Crippen LogP contribution in [0, 0.1) is 17.0 Å². The lowest BCUT2D eigenvalue weighted by molar-refractivity contribution is -0.385. The molecule has 2 N–H and O–H groups in total. The van der Waals surface area contributed by atoms with Crippen LogP contribution in [0.2, 0.25) is 0 Å². The number of hydrogen-bond acceptors (Lipinski definition) is 5. The summed E-state index contributed by atoms with van der Waals surface area (Å²) in [6, 6.07) is 4.00. The molecule has 0 fully saturated rings. The van der Waals surface area contributed by atoms with E-state index < -0.39 is 14.9 Å². The Morgan fingerprint density at radius 1 is 1.40 bits per heavy atom. The van der Waals surface area contributed by atoms with Crippen molar-refractivity contribution in [1.29, 1.82) is 0 Å². The number of nitrogens with one attached hydrogen (secondary N) is 2. The van der Waals surface area contributed by atoms with Gasteiger partial charge in [0, 0.05) is 24.2 Å². The van der Waals surface area contributed by atoms with E-state index in [2.05, 4.69) is 10.0 Å². The third-order valence-corrected chi connectivity index (χ3v) is 4.44. The molecule has 1 rings (SSSR count). The van der Waals surface area contributed by atoms with Crippen molar-refractivity contribution in [2.45, 2.75) is 31.7 Å². The molecule has 0 aliphatic rings. The highest BCUT2D eigenvalue weighted by atomic mass is 32.2. The third kappa shape index (κ3) is 3.99. The van der Waals surface area contributed by atoms with Crippen LogP contribution in [0.4, 0.5) is 5.69 Å². The molecular weight excluding hydrogens is 282 g/mol. The van der Waals surface area contributed by atoms with E-state index in [-0.39, 0.29) is 28.7 Å². The summed E-state index contributed by atoms with van der Waals surface area (Å²) in [5, 5.41) is 13.9. The van der Waals surface area contributed by atoms with Gasteiger partial charge < -0.3 is 5.32 Å². The summed E-state index contributed by atoms with van der Waals surface area (Å²) in [7, 11) is -3.75. The van der Waals surface area contributed by atoms with Gasteiger partial charge in [-0.15, -0.1) is 0 Å². The van der Waals surface area contributed by atoms with Crippen molar-refractivity contribution in [3.05, 3.63) is 33.9 Å². The Kier molecular flexibility index (Phi) is 5.61. The van der Waals surface area contributed by atoms with Crippen molar-refractivity contribution in [3.8, 4) is 0 Å². The topological polar surface area (TPSA) is 101 Å². The highest BCUT2D eigenvalue weighted by Gasteiger charge is 2.22. The fourth-order valence-corrected chi connectivity index (χ4v) is 3.22. The molecule has 0 radical (unpaired) electrons. The molecule has 1 aromatic rings. The van der Waals surface area contributed by atoms with Gasteiger partial charge >= 0.3 is 0 Å². The van der Waals surface area contributed by atoms with Crippen LogP contribution >= 0.6 is 0 Å². The van der Waals surface area contributed by atoms with Crippen molar-refractivity contribution in [2.75, 3.05) is 13.1 Å². The van der Waals surface area contributed by atoms with E-state index in [1.807, 2.05) is 13.8 Å². The molecule has 0 heterocycles. The van der Waals surface area contributed by atoms with Crippen molar-refractivity contribution in [1.82, 2.24) is 10.0 Å². The molecule has 0 aromatic heterocycles. The summed E-state index contributed by atoms with van der Waals surface area (Å²) in [5.41, 5.74) is -0.0614. The predicted octanol–water partition coefficient (Wildman–Crippen LogP) is 1.18. The van der Waals surface area contributed by atoms with Gasteiger partial charge in [0.15, 0.2) is 0 Å². The number of sulfonamides is 1. The van der Waals surface area contributed by atoms with Gasteiger partial charge in [-0.05, 0) is 26.5 Å². The smallest absolute Gasteiger partial charge is 0.273 e. The van der Waals surface area contributed by atoms with E-state index in [0.29, 0.717) is 0 Å². The summed E-state index contributed by atoms with van der Waals surface area (Å²) in [6.07, 6.45) is 0. The van der Waals surface area contributed by atoms with E-state index in [0.717, 1.165) is 6.54 Å². The summed E-state index contributed by atoms with van der Waals surface area (Å²) >= 11 is 0. The molecule has 112 valence electrons. The molecule has 0 spiro atoms. The second-order valence-corrected chi connectivity index (χ2v) is 6.20. The van der Waals surface area contributed by atoms with E-state index in [1.54, 1.807) is 0 Å². The SMILES string of the molecule is CCN[C@H](C)CNS(=O)(=O)c1cccc([N+](=O)[O-])c1C. The summed E-state index contributed by atoms with van der Waals surface area (Å²) in [4.78, 5) is 10.2. The number of nitrogens with zero attached hydrogens (tertiary/aromatic N) is 1. The molecule has 1 aromatic carbocycles. The number of nitro benzene ring substituents is 1. The number of benzene rings is 1. The minimum atomic E-state index is -3.75. The van der Waals surface area contributed by atoms with Gasteiger partial charge in [0.05, 0.1) is 9.82 Å². The third-order valence-electron chi connectivity index (χ3n) is 2.87. The fraction of sp³-hybridized carbons (Fsp3) is 0.500. The molecule has 0 saturated carbocycles. The van der Waals surface area contributed by atoms with Crippen LogP contribution in [0.3, 0.4) is 0 Å². The Bertz CT molecular complexity index is 586. The van der Waals surface area contributed by atoms with E-state index in [9.17, 15) is 18.5 Å². The highest BCUT2D eigenvalue weighted by molar-refractivity contribution is 7.89. The van der Waals surface area contributed by atoms with Gasteiger partial charge in [0.2, 0.25) is 10.0 Å². The molecule has 1 atom stereocenters. The van der Waals surface area contributed by atoms with E-state index in [4.69, 9.17) is 0 Å². The maximum Gasteiger partial charge on any atom is 0.273 e. The normalized spacial score (nSPS) is 13.2. The van der Waals surface area contributed by atoms with Crippen LogP contribution < -0.4 is 10.0 Å². The quantitative estimate of drug-likeness (QED) is 0.581. The first-order chi connectivity index (χ1) is 9.29. The maximum atomic E-state index is 12.2. The van der Waals surface area contributed by atoms with Crippen molar-refractivity contribution >= 4 is 15.7 Å². The van der Waals surface area contributed by atoms with Gasteiger partial charge in [0.1, 0.15) is 0 Å². The first-order valence-electron chi connectivity index (χ1n) is 6.26. The molecule has 0 aliphatic heterocycles. The van der Waals surface area contributed by atoms with Crippen LogP contribution in [0.5, 0.6) is 0 Å². The summed E-state index contributed by atoms with van der Waals surface area (Å²) in [6.45, 7) is 6.17. The molecule has 20 heavy (non-hydrogen) atoms. The molecule has 0 bridgehead atoms. The standard InChI is InChI=1S/C12H19N3O4S/c1-4-13-9(2)8-14-20(18,19)12-7-5-6-11(10(12)3)15(16)17/h5-7,9,13-14H,4,8H2,1-3H3/t9-/m1/s1. The second kappa shape index (κ2) is 6.78. The van der Waals surface area contributed by atoms with Crippen molar-refractivity contribution < 1.29 is 13.3 Å². The van der Waals surface area contributed by atoms with Gasteiger partial charge in [0.25, 0.3) is 5.69 Å². The molecule has 0 aliphatic carbocycles. The minimum absolute atomic E-state index is 0.0196. The number of hydrogen-bond donors (Lipinski definition) is 2. The van der Waals surface area contributed by atoms with Crippen LogP contribution in [-0.4, -0.2) is 32.5 Å². The Hall–Kier alpha value is -1.51. The van der Waals surface area contributed by atoms with Crippen LogP contribution in [0.25, 0.3) is 0 Å². The van der Waals surface area contributed by atoms with Crippen LogP contribution in [0.15, 0.2) is 23.1 Å². The number of rotatable bonds is 7. The average molecular weight is 301 g/mol. The molecule has 7 nitrogen and oxygen atoms in total. The highest BCUT2D eigenvalue weighted by Crippen LogP contribution is 2.24. The lowest BCUT2D eigenvalue weighted by Crippen LogP contribution is -2.38. The van der Waals surface area contributed by atoms with Gasteiger partial charge in [-0.25, -0.2) is 13.1 Å². The largest absolute Gasteiger partial charge is 0.313 e. The first kappa shape index (κ1) is 16.5. The zero-order valence-electron chi connectivity index (χ0n) is 11.7. The molecule has 8 heteroatoms. The zero-order chi connectivity index (χ0) is 15.3. The minimum Gasteiger partial charge on any atom is -0.313 e. The van der Waals surface area contributed by atoms with Crippen molar-refractivity contribution in [3.63, 3.8) is 0 Å². The summed E-state index contributed by atoms with van der Waals surface area (Å²) < 4.78 is 26.8. The maximum absolute atomic E-state index is 12.2. The van der Waals surface area contributed by atoms with Gasteiger partial charge in [-0.3, -0.25) is 10.1 Å².